The summed E-state index contributed by atoms with van der Waals surface area (Å²) in [5, 5.41) is 0. The minimum absolute atomic E-state index is 0.719. The van der Waals surface area contributed by atoms with E-state index >= 15 is 0 Å². The summed E-state index contributed by atoms with van der Waals surface area (Å²) in [6.45, 7) is 2.47. The van der Waals surface area contributed by atoms with E-state index in [1.54, 1.807) is 0 Å². The molecule has 0 spiro atoms. The molecule has 0 aromatic heterocycles. The second-order valence-corrected chi connectivity index (χ2v) is 5.00. The van der Waals surface area contributed by atoms with Gasteiger partial charge in [-0.2, -0.15) is 12.6 Å². The van der Waals surface area contributed by atoms with Crippen LogP contribution in [0.25, 0.3) is 0 Å². The van der Waals surface area contributed by atoms with E-state index in [4.69, 9.17) is 0 Å². The summed E-state index contributed by atoms with van der Waals surface area (Å²) in [4.78, 5) is 0. The Morgan fingerprint density at radius 1 is 1.08 bits per heavy atom. The quantitative estimate of drug-likeness (QED) is 0.486. The molecular formula is C11H22S. The Kier molecular flexibility index (Phi) is 4.49. The molecule has 0 saturated heterocycles. The summed E-state index contributed by atoms with van der Waals surface area (Å²) in [5.74, 6) is 1.07. The molecule has 0 bridgehead atoms. The van der Waals surface area contributed by atoms with E-state index in [9.17, 15) is 0 Å². The van der Waals surface area contributed by atoms with Crippen molar-refractivity contribution < 1.29 is 0 Å². The lowest BCUT2D eigenvalue weighted by atomic mass is 9.83. The van der Waals surface area contributed by atoms with E-state index in [1.165, 1.54) is 51.4 Å². The molecule has 0 unspecified atom stereocenters. The smallest absolute Gasteiger partial charge is 0.00979 e. The summed E-state index contributed by atoms with van der Waals surface area (Å²) in [5.41, 5.74) is 0.719. The van der Waals surface area contributed by atoms with Crippen LogP contribution >= 0.6 is 12.6 Å². The van der Waals surface area contributed by atoms with Gasteiger partial charge in [0.2, 0.25) is 0 Å². The van der Waals surface area contributed by atoms with Crippen LogP contribution in [0.3, 0.4) is 0 Å². The molecule has 0 atom stereocenters. The van der Waals surface area contributed by atoms with E-state index in [-0.39, 0.29) is 0 Å². The zero-order valence-corrected chi connectivity index (χ0v) is 9.21. The van der Waals surface area contributed by atoms with E-state index < -0.39 is 0 Å². The normalized spacial score (nSPS) is 21.5. The van der Waals surface area contributed by atoms with Crippen molar-refractivity contribution in [3.63, 3.8) is 0 Å². The zero-order chi connectivity index (χ0) is 8.86. The topological polar surface area (TPSA) is 0 Å². The predicted octanol–water partition coefficient (Wildman–Crippen LogP) is 4.06. The van der Waals surface area contributed by atoms with E-state index in [2.05, 4.69) is 19.6 Å². The van der Waals surface area contributed by atoms with Gasteiger partial charge < -0.3 is 0 Å². The standard InChI is InChI=1S/C11H22S/c1-11(8-4-5-9-11)7-3-2-6-10-12/h12H,2-10H2,1H3. The third kappa shape index (κ3) is 3.38. The third-order valence-electron chi connectivity index (χ3n) is 3.25. The molecule has 1 aliphatic rings. The van der Waals surface area contributed by atoms with Crippen molar-refractivity contribution in [1.29, 1.82) is 0 Å². The van der Waals surface area contributed by atoms with Crippen molar-refractivity contribution in [2.75, 3.05) is 5.75 Å². The average Bonchev–Trinajstić information content (AvgIpc) is 2.47. The second kappa shape index (κ2) is 5.16. The zero-order valence-electron chi connectivity index (χ0n) is 8.31. The van der Waals surface area contributed by atoms with E-state index in [0.717, 1.165) is 11.2 Å². The molecule has 1 saturated carbocycles. The first-order valence-electron chi connectivity index (χ1n) is 5.38. The van der Waals surface area contributed by atoms with Gasteiger partial charge in [0.25, 0.3) is 0 Å². The van der Waals surface area contributed by atoms with Gasteiger partial charge in [0.15, 0.2) is 0 Å². The average molecular weight is 186 g/mol. The van der Waals surface area contributed by atoms with Crippen LogP contribution in [-0.4, -0.2) is 5.75 Å². The van der Waals surface area contributed by atoms with Gasteiger partial charge in [0.1, 0.15) is 0 Å². The monoisotopic (exact) mass is 186 g/mol. The molecule has 12 heavy (non-hydrogen) atoms. The highest BCUT2D eigenvalue weighted by Gasteiger charge is 2.27. The van der Waals surface area contributed by atoms with Gasteiger partial charge in [-0.3, -0.25) is 0 Å². The minimum Gasteiger partial charge on any atom is -0.179 e. The Morgan fingerprint density at radius 2 is 1.75 bits per heavy atom. The van der Waals surface area contributed by atoms with Crippen molar-refractivity contribution in [3.8, 4) is 0 Å². The largest absolute Gasteiger partial charge is 0.179 e. The van der Waals surface area contributed by atoms with Crippen molar-refractivity contribution in [3.05, 3.63) is 0 Å². The van der Waals surface area contributed by atoms with E-state index in [1.807, 2.05) is 0 Å². The molecule has 1 fully saturated rings. The number of thiol groups is 1. The van der Waals surface area contributed by atoms with Crippen LogP contribution in [0.5, 0.6) is 0 Å². The van der Waals surface area contributed by atoms with Crippen molar-refractivity contribution >= 4 is 12.6 Å². The van der Waals surface area contributed by atoms with Gasteiger partial charge in [-0.1, -0.05) is 32.6 Å². The molecule has 1 heteroatoms. The number of unbranched alkanes of at least 4 members (excludes halogenated alkanes) is 2. The van der Waals surface area contributed by atoms with Crippen LogP contribution in [0.1, 0.15) is 58.3 Å². The van der Waals surface area contributed by atoms with Crippen LogP contribution in [0.4, 0.5) is 0 Å². The molecule has 0 aromatic carbocycles. The highest BCUT2D eigenvalue weighted by molar-refractivity contribution is 7.80. The van der Waals surface area contributed by atoms with Gasteiger partial charge in [-0.15, -0.1) is 0 Å². The Hall–Kier alpha value is 0.350. The maximum atomic E-state index is 4.22. The molecule has 0 amide bonds. The molecule has 0 N–H and O–H groups in total. The maximum Gasteiger partial charge on any atom is -0.00979 e. The van der Waals surface area contributed by atoms with Crippen LogP contribution in [0, 0.1) is 5.41 Å². The fourth-order valence-electron chi connectivity index (χ4n) is 2.32. The van der Waals surface area contributed by atoms with Crippen LogP contribution in [0.15, 0.2) is 0 Å². The molecule has 0 aliphatic heterocycles. The van der Waals surface area contributed by atoms with Crippen LogP contribution in [0.2, 0.25) is 0 Å². The first-order valence-corrected chi connectivity index (χ1v) is 6.01. The molecule has 0 radical (unpaired) electrons. The minimum atomic E-state index is 0.719. The highest BCUT2D eigenvalue weighted by atomic mass is 32.1. The summed E-state index contributed by atoms with van der Waals surface area (Å²) in [6, 6.07) is 0. The van der Waals surface area contributed by atoms with Gasteiger partial charge in [0, 0.05) is 0 Å². The highest BCUT2D eigenvalue weighted by Crippen LogP contribution is 2.41. The van der Waals surface area contributed by atoms with Crippen molar-refractivity contribution in [2.45, 2.75) is 58.3 Å². The first kappa shape index (κ1) is 10.4. The summed E-state index contributed by atoms with van der Waals surface area (Å²) < 4.78 is 0. The maximum absolute atomic E-state index is 4.22. The number of hydrogen-bond acceptors (Lipinski definition) is 1. The molecule has 0 aromatic rings. The number of hydrogen-bond donors (Lipinski definition) is 1. The molecule has 0 nitrogen and oxygen atoms in total. The summed E-state index contributed by atoms with van der Waals surface area (Å²) >= 11 is 4.22. The summed E-state index contributed by atoms with van der Waals surface area (Å²) in [6.07, 6.45) is 11.5. The lowest BCUT2D eigenvalue weighted by molar-refractivity contribution is 0.296. The van der Waals surface area contributed by atoms with E-state index in [0.29, 0.717) is 0 Å². The molecule has 1 rings (SSSR count). The Labute approximate surface area is 82.5 Å². The van der Waals surface area contributed by atoms with Crippen molar-refractivity contribution in [2.24, 2.45) is 5.41 Å². The molecule has 0 heterocycles. The molecular weight excluding hydrogens is 164 g/mol. The summed E-state index contributed by atoms with van der Waals surface area (Å²) in [7, 11) is 0. The SMILES string of the molecule is CC1(CCCCCS)CCCC1. The third-order valence-corrected chi connectivity index (χ3v) is 3.57. The lowest BCUT2D eigenvalue weighted by Crippen LogP contribution is -2.10. The van der Waals surface area contributed by atoms with Gasteiger partial charge in [-0.05, 0) is 36.9 Å². The van der Waals surface area contributed by atoms with Gasteiger partial charge in [-0.25, -0.2) is 0 Å². The first-order chi connectivity index (χ1) is 5.77. The Balaban J connectivity index is 2.05. The second-order valence-electron chi connectivity index (χ2n) is 4.55. The fraction of sp³-hybridized carbons (Fsp3) is 1.00. The molecule has 1 aliphatic carbocycles. The Bertz CT molecular complexity index is 114. The van der Waals surface area contributed by atoms with Crippen molar-refractivity contribution in [1.82, 2.24) is 0 Å². The Morgan fingerprint density at radius 3 is 2.33 bits per heavy atom. The lowest BCUT2D eigenvalue weighted by Gasteiger charge is -2.22. The predicted molar refractivity (Wildman–Crippen MR) is 58.9 cm³/mol. The van der Waals surface area contributed by atoms with Gasteiger partial charge >= 0.3 is 0 Å². The molecule has 72 valence electrons. The fourth-order valence-corrected chi connectivity index (χ4v) is 2.54. The van der Waals surface area contributed by atoms with Crippen LogP contribution in [-0.2, 0) is 0 Å². The van der Waals surface area contributed by atoms with Crippen LogP contribution < -0.4 is 0 Å². The van der Waals surface area contributed by atoms with Gasteiger partial charge in [0.05, 0.1) is 0 Å². The number of rotatable bonds is 5.